The number of benzene rings is 1. The van der Waals surface area contributed by atoms with E-state index < -0.39 is 0 Å². The first-order valence-corrected chi connectivity index (χ1v) is 8.48. The van der Waals surface area contributed by atoms with Crippen molar-refractivity contribution in [2.45, 2.75) is 45.2 Å². The number of piperidine rings is 1. The van der Waals surface area contributed by atoms with Crippen LogP contribution in [0.3, 0.4) is 0 Å². The number of hydrogen-bond donors (Lipinski definition) is 2. The van der Waals surface area contributed by atoms with Crippen molar-refractivity contribution in [3.8, 4) is 5.75 Å². The van der Waals surface area contributed by atoms with Gasteiger partial charge in [-0.05, 0) is 51.0 Å². The van der Waals surface area contributed by atoms with Gasteiger partial charge in [0.25, 0.3) is 0 Å². The number of nitrogens with zero attached hydrogens (tertiary/aromatic N) is 1. The SMILES string of the molecule is CCCCN1CCC(NCc2cc(Cl)cc(Cl)c2O)CC1. The van der Waals surface area contributed by atoms with Crippen molar-refractivity contribution < 1.29 is 5.11 Å². The molecule has 2 rings (SSSR count). The third kappa shape index (κ3) is 5.03. The molecular formula is C16H24Cl2N2O. The Labute approximate surface area is 137 Å². The monoisotopic (exact) mass is 330 g/mol. The lowest BCUT2D eigenvalue weighted by atomic mass is 10.0. The molecule has 1 aromatic carbocycles. The predicted molar refractivity (Wildman–Crippen MR) is 89.3 cm³/mol. The van der Waals surface area contributed by atoms with E-state index in [0.717, 1.165) is 31.5 Å². The second-order valence-electron chi connectivity index (χ2n) is 5.75. The average Bonchev–Trinajstić information content (AvgIpc) is 2.48. The van der Waals surface area contributed by atoms with Gasteiger partial charge in [0.1, 0.15) is 5.75 Å². The smallest absolute Gasteiger partial charge is 0.138 e. The minimum atomic E-state index is 0.133. The summed E-state index contributed by atoms with van der Waals surface area (Å²) in [6.07, 6.45) is 4.84. The molecule has 3 nitrogen and oxygen atoms in total. The number of phenols is 1. The van der Waals surface area contributed by atoms with E-state index in [4.69, 9.17) is 23.2 Å². The summed E-state index contributed by atoms with van der Waals surface area (Å²) in [6.45, 7) is 6.36. The van der Waals surface area contributed by atoms with Gasteiger partial charge in [0.2, 0.25) is 0 Å². The number of rotatable bonds is 6. The quantitative estimate of drug-likeness (QED) is 0.825. The molecule has 0 atom stereocenters. The minimum absolute atomic E-state index is 0.133. The highest BCUT2D eigenvalue weighted by molar-refractivity contribution is 6.35. The highest BCUT2D eigenvalue weighted by Gasteiger charge is 2.18. The van der Waals surface area contributed by atoms with Gasteiger partial charge in [0, 0.05) is 23.2 Å². The molecule has 0 saturated carbocycles. The van der Waals surface area contributed by atoms with Gasteiger partial charge >= 0.3 is 0 Å². The molecule has 118 valence electrons. The van der Waals surface area contributed by atoms with E-state index in [1.807, 2.05) is 0 Å². The maximum Gasteiger partial charge on any atom is 0.138 e. The fourth-order valence-electron chi connectivity index (χ4n) is 2.75. The molecule has 1 heterocycles. The molecule has 0 aromatic heterocycles. The van der Waals surface area contributed by atoms with Gasteiger partial charge in [-0.3, -0.25) is 0 Å². The van der Waals surface area contributed by atoms with Crippen LogP contribution in [0, 0.1) is 0 Å². The minimum Gasteiger partial charge on any atom is -0.506 e. The molecule has 0 radical (unpaired) electrons. The van der Waals surface area contributed by atoms with Crippen molar-refractivity contribution in [2.75, 3.05) is 19.6 Å². The first-order valence-electron chi connectivity index (χ1n) is 7.72. The standard InChI is InChI=1S/C16H24Cl2N2O/c1-2-3-6-20-7-4-14(5-8-20)19-11-12-9-13(17)10-15(18)16(12)21/h9-10,14,19,21H,2-8,11H2,1H3. The summed E-state index contributed by atoms with van der Waals surface area (Å²) < 4.78 is 0. The van der Waals surface area contributed by atoms with E-state index in [1.165, 1.54) is 19.4 Å². The summed E-state index contributed by atoms with van der Waals surface area (Å²) in [7, 11) is 0. The van der Waals surface area contributed by atoms with Crippen LogP contribution in [0.15, 0.2) is 12.1 Å². The second kappa shape index (κ2) is 8.23. The number of nitrogens with one attached hydrogen (secondary N) is 1. The van der Waals surface area contributed by atoms with Crippen LogP contribution in [-0.4, -0.2) is 35.7 Å². The Balaban J connectivity index is 1.80. The van der Waals surface area contributed by atoms with Crippen molar-refractivity contribution in [1.82, 2.24) is 10.2 Å². The Bertz CT molecular complexity index is 460. The molecule has 1 aromatic rings. The van der Waals surface area contributed by atoms with Crippen molar-refractivity contribution in [1.29, 1.82) is 0 Å². The lowest BCUT2D eigenvalue weighted by Crippen LogP contribution is -2.42. The van der Waals surface area contributed by atoms with Crippen molar-refractivity contribution in [3.63, 3.8) is 0 Å². The molecule has 0 aliphatic carbocycles. The van der Waals surface area contributed by atoms with Crippen molar-refractivity contribution in [3.05, 3.63) is 27.7 Å². The van der Waals surface area contributed by atoms with Crippen LogP contribution in [0.2, 0.25) is 10.0 Å². The Kier molecular flexibility index (Phi) is 6.62. The molecule has 1 fully saturated rings. The first kappa shape index (κ1) is 16.9. The third-order valence-corrected chi connectivity index (χ3v) is 4.61. The summed E-state index contributed by atoms with van der Waals surface area (Å²) in [4.78, 5) is 2.54. The Morgan fingerprint density at radius 3 is 2.67 bits per heavy atom. The molecule has 0 spiro atoms. The van der Waals surface area contributed by atoms with E-state index in [-0.39, 0.29) is 5.75 Å². The fraction of sp³-hybridized carbons (Fsp3) is 0.625. The molecular weight excluding hydrogens is 307 g/mol. The molecule has 0 amide bonds. The highest BCUT2D eigenvalue weighted by Crippen LogP contribution is 2.31. The van der Waals surface area contributed by atoms with Crippen LogP contribution < -0.4 is 5.32 Å². The summed E-state index contributed by atoms with van der Waals surface area (Å²) in [5.41, 5.74) is 0.765. The van der Waals surface area contributed by atoms with Crippen LogP contribution in [0.25, 0.3) is 0 Å². The average molecular weight is 331 g/mol. The third-order valence-electron chi connectivity index (χ3n) is 4.10. The largest absolute Gasteiger partial charge is 0.506 e. The summed E-state index contributed by atoms with van der Waals surface area (Å²) >= 11 is 11.9. The Morgan fingerprint density at radius 2 is 2.00 bits per heavy atom. The van der Waals surface area contributed by atoms with Gasteiger partial charge < -0.3 is 15.3 Å². The highest BCUT2D eigenvalue weighted by atomic mass is 35.5. The number of likely N-dealkylation sites (tertiary alicyclic amines) is 1. The molecule has 5 heteroatoms. The maximum atomic E-state index is 9.95. The lowest BCUT2D eigenvalue weighted by molar-refractivity contribution is 0.195. The molecule has 1 aliphatic heterocycles. The zero-order valence-electron chi connectivity index (χ0n) is 12.5. The van der Waals surface area contributed by atoms with Crippen LogP contribution >= 0.6 is 23.2 Å². The van der Waals surface area contributed by atoms with E-state index in [0.29, 0.717) is 22.6 Å². The van der Waals surface area contributed by atoms with E-state index in [1.54, 1.807) is 12.1 Å². The molecule has 21 heavy (non-hydrogen) atoms. The van der Waals surface area contributed by atoms with Crippen LogP contribution in [0.5, 0.6) is 5.75 Å². The zero-order chi connectivity index (χ0) is 15.2. The van der Waals surface area contributed by atoms with Gasteiger partial charge in [0.05, 0.1) is 5.02 Å². The normalized spacial score (nSPS) is 17.3. The van der Waals surface area contributed by atoms with Gasteiger partial charge in [-0.1, -0.05) is 36.5 Å². The summed E-state index contributed by atoms with van der Waals surface area (Å²) in [5.74, 6) is 0.133. The first-order chi connectivity index (χ1) is 10.1. The topological polar surface area (TPSA) is 35.5 Å². The number of phenolic OH excluding ortho intramolecular Hbond substituents is 1. The lowest BCUT2D eigenvalue weighted by Gasteiger charge is -2.32. The van der Waals surface area contributed by atoms with E-state index in [9.17, 15) is 5.11 Å². The molecule has 2 N–H and O–H groups in total. The van der Waals surface area contributed by atoms with Crippen LogP contribution in [0.4, 0.5) is 0 Å². The predicted octanol–water partition coefficient (Wildman–Crippen LogP) is 4.05. The fourth-order valence-corrected chi connectivity index (χ4v) is 3.29. The van der Waals surface area contributed by atoms with Crippen molar-refractivity contribution >= 4 is 23.2 Å². The number of aromatic hydroxyl groups is 1. The van der Waals surface area contributed by atoms with Gasteiger partial charge in [-0.25, -0.2) is 0 Å². The molecule has 0 unspecified atom stereocenters. The Morgan fingerprint density at radius 1 is 1.29 bits per heavy atom. The van der Waals surface area contributed by atoms with Gasteiger partial charge in [0.15, 0.2) is 0 Å². The van der Waals surface area contributed by atoms with Gasteiger partial charge in [-0.15, -0.1) is 0 Å². The number of unbranched alkanes of at least 4 members (excludes halogenated alkanes) is 1. The Hall–Kier alpha value is -0.480. The van der Waals surface area contributed by atoms with E-state index in [2.05, 4.69) is 17.1 Å². The van der Waals surface area contributed by atoms with Crippen LogP contribution in [-0.2, 0) is 6.54 Å². The zero-order valence-corrected chi connectivity index (χ0v) is 14.1. The molecule has 1 aliphatic rings. The summed E-state index contributed by atoms with van der Waals surface area (Å²) in [5, 5.41) is 14.3. The molecule has 1 saturated heterocycles. The maximum absolute atomic E-state index is 9.95. The molecule has 0 bridgehead atoms. The summed E-state index contributed by atoms with van der Waals surface area (Å²) in [6, 6.07) is 3.83. The second-order valence-corrected chi connectivity index (χ2v) is 6.59. The van der Waals surface area contributed by atoms with Crippen LogP contribution in [0.1, 0.15) is 38.2 Å². The number of hydrogen-bond acceptors (Lipinski definition) is 3. The van der Waals surface area contributed by atoms with E-state index >= 15 is 0 Å². The number of halogens is 2. The van der Waals surface area contributed by atoms with Gasteiger partial charge in [-0.2, -0.15) is 0 Å². The van der Waals surface area contributed by atoms with Crippen molar-refractivity contribution in [2.24, 2.45) is 0 Å².